The van der Waals surface area contributed by atoms with Crippen molar-refractivity contribution in [2.24, 2.45) is 34.5 Å². The molecule has 118 valence electrons. The van der Waals surface area contributed by atoms with E-state index in [9.17, 15) is 10.1 Å². The molecule has 3 saturated carbocycles. The molecule has 0 bridgehead atoms. The topological polar surface area (TPSA) is 40.9 Å². The van der Waals surface area contributed by atoms with Gasteiger partial charge in [-0.25, -0.2) is 0 Å². The molecule has 4 aliphatic carbocycles. The standard InChI is InChI=1S/C20H27NO/c1-19(12-21)9-8-18-17-5-3-13-11-14(22)4-6-15(13)16(17)7-10-20(18,19)2/h11,15-18H,3-10H2,1-2H3/t15?,16?,17?,18?,19-,20?/m1/s1. The number of carbonyl (C=O) groups excluding carboxylic acids is 1. The van der Waals surface area contributed by atoms with Crippen LogP contribution in [-0.4, -0.2) is 5.78 Å². The van der Waals surface area contributed by atoms with Gasteiger partial charge in [-0.2, -0.15) is 5.26 Å². The Balaban J connectivity index is 1.65. The highest BCUT2D eigenvalue weighted by atomic mass is 16.1. The van der Waals surface area contributed by atoms with Crippen LogP contribution < -0.4 is 0 Å². The fourth-order valence-corrected chi connectivity index (χ4v) is 6.63. The predicted octanol–water partition coefficient (Wildman–Crippen LogP) is 4.66. The van der Waals surface area contributed by atoms with Gasteiger partial charge in [-0.1, -0.05) is 12.5 Å². The summed E-state index contributed by atoms with van der Waals surface area (Å²) in [4.78, 5) is 11.7. The zero-order chi connectivity index (χ0) is 15.5. The minimum absolute atomic E-state index is 0.124. The molecular formula is C20H27NO. The van der Waals surface area contributed by atoms with Gasteiger partial charge in [0.2, 0.25) is 0 Å². The van der Waals surface area contributed by atoms with Crippen LogP contribution in [0.5, 0.6) is 0 Å². The summed E-state index contributed by atoms with van der Waals surface area (Å²) < 4.78 is 0. The Morgan fingerprint density at radius 2 is 1.91 bits per heavy atom. The second-order valence-electron chi connectivity index (χ2n) is 8.74. The lowest BCUT2D eigenvalue weighted by atomic mass is 9.49. The Labute approximate surface area is 134 Å². The van der Waals surface area contributed by atoms with E-state index in [1.165, 1.54) is 31.3 Å². The molecule has 3 fully saturated rings. The largest absolute Gasteiger partial charge is 0.295 e. The van der Waals surface area contributed by atoms with Gasteiger partial charge in [0, 0.05) is 6.42 Å². The first kappa shape index (κ1) is 14.5. The highest BCUT2D eigenvalue weighted by molar-refractivity contribution is 5.91. The molecule has 0 heterocycles. The third-order valence-electron chi connectivity index (χ3n) is 8.15. The maximum Gasteiger partial charge on any atom is 0.155 e. The van der Waals surface area contributed by atoms with Gasteiger partial charge in [-0.05, 0) is 87.0 Å². The third-order valence-corrected chi connectivity index (χ3v) is 8.15. The number of hydrogen-bond acceptors (Lipinski definition) is 2. The summed E-state index contributed by atoms with van der Waals surface area (Å²) >= 11 is 0. The molecule has 6 atom stereocenters. The fourth-order valence-electron chi connectivity index (χ4n) is 6.63. The Morgan fingerprint density at radius 1 is 1.09 bits per heavy atom. The van der Waals surface area contributed by atoms with Crippen molar-refractivity contribution in [1.82, 2.24) is 0 Å². The number of hydrogen-bond donors (Lipinski definition) is 0. The van der Waals surface area contributed by atoms with Crippen molar-refractivity contribution in [3.63, 3.8) is 0 Å². The summed E-state index contributed by atoms with van der Waals surface area (Å²) in [6.07, 6.45) is 11.0. The lowest BCUT2D eigenvalue weighted by Crippen LogP contribution is -2.48. The van der Waals surface area contributed by atoms with Crippen LogP contribution >= 0.6 is 0 Å². The smallest absolute Gasteiger partial charge is 0.155 e. The molecule has 22 heavy (non-hydrogen) atoms. The van der Waals surface area contributed by atoms with Crippen molar-refractivity contribution in [1.29, 1.82) is 5.26 Å². The van der Waals surface area contributed by atoms with Gasteiger partial charge in [0.05, 0.1) is 11.5 Å². The van der Waals surface area contributed by atoms with Gasteiger partial charge in [0.1, 0.15) is 0 Å². The number of ketones is 1. The molecule has 0 radical (unpaired) electrons. The third kappa shape index (κ3) is 1.75. The van der Waals surface area contributed by atoms with Crippen LogP contribution in [0, 0.1) is 45.8 Å². The second kappa shape index (κ2) is 4.70. The Kier molecular flexibility index (Phi) is 3.09. The van der Waals surface area contributed by atoms with Gasteiger partial charge in [0.25, 0.3) is 0 Å². The molecule has 0 aromatic rings. The minimum atomic E-state index is -0.124. The molecule has 4 rings (SSSR count). The van der Waals surface area contributed by atoms with Crippen molar-refractivity contribution < 1.29 is 4.79 Å². The zero-order valence-electron chi connectivity index (χ0n) is 13.9. The first-order chi connectivity index (χ1) is 10.5. The number of carbonyl (C=O) groups is 1. The average molecular weight is 297 g/mol. The molecule has 0 saturated heterocycles. The molecule has 2 nitrogen and oxygen atoms in total. The lowest BCUT2D eigenvalue weighted by Gasteiger charge is -2.55. The van der Waals surface area contributed by atoms with E-state index in [1.54, 1.807) is 0 Å². The van der Waals surface area contributed by atoms with Gasteiger partial charge < -0.3 is 0 Å². The Hall–Kier alpha value is -1.10. The van der Waals surface area contributed by atoms with Crippen LogP contribution in [0.25, 0.3) is 0 Å². The lowest BCUT2D eigenvalue weighted by molar-refractivity contribution is -0.116. The molecule has 4 aliphatic rings. The van der Waals surface area contributed by atoms with E-state index in [2.05, 4.69) is 19.9 Å². The van der Waals surface area contributed by atoms with E-state index >= 15 is 0 Å². The normalized spacial score (nSPS) is 50.4. The van der Waals surface area contributed by atoms with E-state index < -0.39 is 0 Å². The fraction of sp³-hybridized carbons (Fsp3) is 0.800. The quantitative estimate of drug-likeness (QED) is 0.652. The average Bonchev–Trinajstić information content (AvgIpc) is 2.79. The summed E-state index contributed by atoms with van der Waals surface area (Å²) in [6.45, 7) is 4.61. The van der Waals surface area contributed by atoms with Gasteiger partial charge in [-0.3, -0.25) is 4.79 Å². The minimum Gasteiger partial charge on any atom is -0.295 e. The van der Waals surface area contributed by atoms with Crippen LogP contribution in [0.2, 0.25) is 0 Å². The number of allylic oxidation sites excluding steroid dienone is 1. The summed E-state index contributed by atoms with van der Waals surface area (Å²) in [5, 5.41) is 9.75. The molecule has 0 N–H and O–H groups in total. The van der Waals surface area contributed by atoms with Crippen molar-refractivity contribution in [3.8, 4) is 6.07 Å². The highest BCUT2D eigenvalue weighted by Crippen LogP contribution is 2.67. The Morgan fingerprint density at radius 3 is 2.68 bits per heavy atom. The molecule has 0 aliphatic heterocycles. The molecular weight excluding hydrogens is 270 g/mol. The van der Waals surface area contributed by atoms with Gasteiger partial charge in [-0.15, -0.1) is 0 Å². The molecule has 0 amide bonds. The van der Waals surface area contributed by atoms with Crippen LogP contribution in [0.3, 0.4) is 0 Å². The molecule has 0 aromatic heterocycles. The van der Waals surface area contributed by atoms with Crippen molar-refractivity contribution in [2.45, 2.75) is 65.2 Å². The van der Waals surface area contributed by atoms with E-state index in [1.807, 2.05) is 6.08 Å². The van der Waals surface area contributed by atoms with Crippen LogP contribution in [0.15, 0.2) is 11.6 Å². The SMILES string of the molecule is CC12CCC3C4CCC(=O)C=C4CCC3C1CC[C@]2(C)C#N. The summed E-state index contributed by atoms with van der Waals surface area (Å²) in [5.41, 5.74) is 1.55. The molecule has 2 heteroatoms. The zero-order valence-corrected chi connectivity index (χ0v) is 13.9. The number of fused-ring (bicyclic) bond motifs is 5. The maximum absolute atomic E-state index is 11.7. The number of nitrogens with zero attached hydrogens (tertiary/aromatic N) is 1. The van der Waals surface area contributed by atoms with Crippen LogP contribution in [-0.2, 0) is 4.79 Å². The molecule has 5 unspecified atom stereocenters. The maximum atomic E-state index is 11.7. The monoisotopic (exact) mass is 297 g/mol. The van der Waals surface area contributed by atoms with Gasteiger partial charge >= 0.3 is 0 Å². The van der Waals surface area contributed by atoms with E-state index in [0.29, 0.717) is 11.7 Å². The molecule has 0 aromatic carbocycles. The van der Waals surface area contributed by atoms with Crippen molar-refractivity contribution in [3.05, 3.63) is 11.6 Å². The van der Waals surface area contributed by atoms with E-state index in [-0.39, 0.29) is 10.8 Å². The second-order valence-corrected chi connectivity index (χ2v) is 8.74. The molecule has 0 spiro atoms. The number of rotatable bonds is 0. The summed E-state index contributed by atoms with van der Waals surface area (Å²) in [6, 6.07) is 2.68. The summed E-state index contributed by atoms with van der Waals surface area (Å²) in [5.74, 6) is 3.34. The van der Waals surface area contributed by atoms with Crippen molar-refractivity contribution in [2.75, 3.05) is 0 Å². The van der Waals surface area contributed by atoms with Gasteiger partial charge in [0.15, 0.2) is 5.78 Å². The first-order valence-corrected chi connectivity index (χ1v) is 9.13. The highest BCUT2D eigenvalue weighted by Gasteiger charge is 2.61. The summed E-state index contributed by atoms with van der Waals surface area (Å²) in [7, 11) is 0. The van der Waals surface area contributed by atoms with Crippen LogP contribution in [0.4, 0.5) is 0 Å². The van der Waals surface area contributed by atoms with Crippen molar-refractivity contribution >= 4 is 5.78 Å². The predicted molar refractivity (Wildman–Crippen MR) is 85.8 cm³/mol. The van der Waals surface area contributed by atoms with E-state index in [4.69, 9.17) is 0 Å². The van der Waals surface area contributed by atoms with Crippen LogP contribution in [0.1, 0.15) is 65.2 Å². The first-order valence-electron chi connectivity index (χ1n) is 9.13. The van der Waals surface area contributed by atoms with E-state index in [0.717, 1.165) is 43.4 Å². The number of nitriles is 1. The Bertz CT molecular complexity index is 585.